The molecule has 1 saturated heterocycles. The lowest BCUT2D eigenvalue weighted by Gasteiger charge is -2.27. The van der Waals surface area contributed by atoms with Gasteiger partial charge in [-0.3, -0.25) is 0 Å². The molecular formula is C12H16FNOS. The Kier molecular flexibility index (Phi) is 4.21. The third-order valence-electron chi connectivity index (χ3n) is 2.70. The number of halogens is 1. The van der Waals surface area contributed by atoms with E-state index in [1.165, 1.54) is 12.1 Å². The zero-order valence-corrected chi connectivity index (χ0v) is 9.88. The summed E-state index contributed by atoms with van der Waals surface area (Å²) in [6, 6.07) is 6.51. The average molecular weight is 241 g/mol. The summed E-state index contributed by atoms with van der Waals surface area (Å²) in [5.74, 6) is 1.81. The van der Waals surface area contributed by atoms with Crippen LogP contribution in [0.2, 0.25) is 0 Å². The number of hydrogen-bond donors (Lipinski definition) is 1. The third-order valence-corrected chi connectivity index (χ3v) is 3.72. The molecule has 0 aliphatic carbocycles. The molecule has 0 radical (unpaired) electrons. The van der Waals surface area contributed by atoms with E-state index in [9.17, 15) is 4.39 Å². The fourth-order valence-electron chi connectivity index (χ4n) is 1.78. The molecule has 88 valence electrons. The van der Waals surface area contributed by atoms with Crippen LogP contribution in [-0.4, -0.2) is 30.3 Å². The van der Waals surface area contributed by atoms with E-state index >= 15 is 0 Å². The lowest BCUT2D eigenvalue weighted by atomic mass is 10.0. The minimum atomic E-state index is -0.207. The second-order valence-electron chi connectivity index (χ2n) is 3.98. The first kappa shape index (κ1) is 11.9. The summed E-state index contributed by atoms with van der Waals surface area (Å²) in [4.78, 5) is 0. The van der Waals surface area contributed by atoms with Crippen LogP contribution in [-0.2, 0) is 11.2 Å². The lowest BCUT2D eigenvalue weighted by molar-refractivity contribution is 0.0572. The van der Waals surface area contributed by atoms with Gasteiger partial charge in [0.1, 0.15) is 5.82 Å². The highest BCUT2D eigenvalue weighted by molar-refractivity contribution is 7.99. The minimum Gasteiger partial charge on any atom is -0.375 e. The number of nitrogens with two attached hydrogens (primary N) is 1. The topological polar surface area (TPSA) is 35.2 Å². The summed E-state index contributed by atoms with van der Waals surface area (Å²) in [5.41, 5.74) is 7.15. The highest BCUT2D eigenvalue weighted by atomic mass is 32.2. The van der Waals surface area contributed by atoms with Crippen LogP contribution in [0.5, 0.6) is 0 Å². The fraction of sp³-hybridized carbons (Fsp3) is 0.500. The van der Waals surface area contributed by atoms with Crippen LogP contribution in [0.25, 0.3) is 0 Å². The van der Waals surface area contributed by atoms with E-state index in [4.69, 9.17) is 10.5 Å². The third kappa shape index (κ3) is 3.20. The van der Waals surface area contributed by atoms with Crippen LogP contribution in [0.1, 0.15) is 5.56 Å². The summed E-state index contributed by atoms with van der Waals surface area (Å²) < 4.78 is 18.3. The molecule has 1 aromatic carbocycles. The van der Waals surface area contributed by atoms with E-state index in [0.717, 1.165) is 30.1 Å². The van der Waals surface area contributed by atoms with Crippen LogP contribution in [0, 0.1) is 5.82 Å². The van der Waals surface area contributed by atoms with Crippen LogP contribution in [0.3, 0.4) is 0 Å². The molecule has 2 nitrogen and oxygen atoms in total. The summed E-state index contributed by atoms with van der Waals surface area (Å²) in [5, 5.41) is 0. The molecule has 1 fully saturated rings. The van der Waals surface area contributed by atoms with E-state index in [2.05, 4.69) is 0 Å². The maximum atomic E-state index is 12.7. The van der Waals surface area contributed by atoms with Gasteiger partial charge >= 0.3 is 0 Å². The Morgan fingerprint density at radius 1 is 1.44 bits per heavy atom. The highest BCUT2D eigenvalue weighted by Gasteiger charge is 2.21. The molecule has 0 aromatic heterocycles. The van der Waals surface area contributed by atoms with Crippen LogP contribution in [0.4, 0.5) is 4.39 Å². The molecule has 2 unspecified atom stereocenters. The Morgan fingerprint density at radius 3 is 2.81 bits per heavy atom. The SMILES string of the molecule is NC(Cc1ccc(F)cc1)C1CSCCO1. The molecule has 1 aliphatic heterocycles. The van der Waals surface area contributed by atoms with Gasteiger partial charge in [-0.25, -0.2) is 4.39 Å². The summed E-state index contributed by atoms with van der Waals surface area (Å²) >= 11 is 1.88. The van der Waals surface area contributed by atoms with Gasteiger partial charge in [0.25, 0.3) is 0 Å². The van der Waals surface area contributed by atoms with Crippen LogP contribution in [0.15, 0.2) is 24.3 Å². The number of rotatable bonds is 3. The minimum absolute atomic E-state index is 0.00161. The second-order valence-corrected chi connectivity index (χ2v) is 5.13. The molecule has 0 saturated carbocycles. The Labute approximate surface area is 99.4 Å². The molecule has 2 N–H and O–H groups in total. The van der Waals surface area contributed by atoms with Gasteiger partial charge in [-0.15, -0.1) is 0 Å². The lowest BCUT2D eigenvalue weighted by Crippen LogP contribution is -2.42. The van der Waals surface area contributed by atoms with Crippen molar-refractivity contribution in [1.29, 1.82) is 0 Å². The number of benzene rings is 1. The maximum absolute atomic E-state index is 12.7. The van der Waals surface area contributed by atoms with E-state index in [1.807, 2.05) is 11.8 Å². The molecule has 2 rings (SSSR count). The predicted octanol–water partition coefficient (Wildman–Crippen LogP) is 1.83. The molecule has 0 amide bonds. The number of thioether (sulfide) groups is 1. The predicted molar refractivity (Wildman–Crippen MR) is 65.1 cm³/mol. The van der Waals surface area contributed by atoms with Crippen molar-refractivity contribution in [3.05, 3.63) is 35.6 Å². The molecule has 0 spiro atoms. The zero-order chi connectivity index (χ0) is 11.4. The van der Waals surface area contributed by atoms with Crippen molar-refractivity contribution < 1.29 is 9.13 Å². The average Bonchev–Trinajstić information content (AvgIpc) is 2.33. The summed E-state index contributed by atoms with van der Waals surface area (Å²) in [6.45, 7) is 0.784. The van der Waals surface area contributed by atoms with Crippen molar-refractivity contribution in [2.24, 2.45) is 5.73 Å². The Hall–Kier alpha value is -0.580. The van der Waals surface area contributed by atoms with Gasteiger partial charge in [-0.1, -0.05) is 12.1 Å². The molecule has 1 aromatic rings. The van der Waals surface area contributed by atoms with Crippen molar-refractivity contribution in [2.45, 2.75) is 18.6 Å². The van der Waals surface area contributed by atoms with Gasteiger partial charge in [-0.05, 0) is 24.1 Å². The van der Waals surface area contributed by atoms with Gasteiger partial charge in [0.05, 0.1) is 12.7 Å². The van der Waals surface area contributed by atoms with Gasteiger partial charge in [0.15, 0.2) is 0 Å². The number of hydrogen-bond acceptors (Lipinski definition) is 3. The molecule has 4 heteroatoms. The molecule has 0 bridgehead atoms. The maximum Gasteiger partial charge on any atom is 0.123 e. The molecule has 1 heterocycles. The quantitative estimate of drug-likeness (QED) is 0.877. The molecule has 1 aliphatic rings. The van der Waals surface area contributed by atoms with Gasteiger partial charge in [0, 0.05) is 17.5 Å². The summed E-state index contributed by atoms with van der Waals surface area (Å²) in [7, 11) is 0. The Morgan fingerprint density at radius 2 is 2.19 bits per heavy atom. The second kappa shape index (κ2) is 5.66. The van der Waals surface area contributed by atoms with E-state index in [0.29, 0.717) is 0 Å². The van der Waals surface area contributed by atoms with Crippen molar-refractivity contribution in [2.75, 3.05) is 18.1 Å². The van der Waals surface area contributed by atoms with E-state index < -0.39 is 0 Å². The first-order valence-corrected chi connectivity index (χ1v) is 6.60. The van der Waals surface area contributed by atoms with Gasteiger partial charge in [0.2, 0.25) is 0 Å². The van der Waals surface area contributed by atoms with Crippen LogP contribution >= 0.6 is 11.8 Å². The summed E-state index contributed by atoms with van der Waals surface area (Å²) in [6.07, 6.45) is 0.870. The van der Waals surface area contributed by atoms with Crippen molar-refractivity contribution in [1.82, 2.24) is 0 Å². The van der Waals surface area contributed by atoms with Gasteiger partial charge < -0.3 is 10.5 Å². The first-order chi connectivity index (χ1) is 7.75. The largest absolute Gasteiger partial charge is 0.375 e. The van der Waals surface area contributed by atoms with E-state index in [1.54, 1.807) is 12.1 Å². The van der Waals surface area contributed by atoms with Crippen molar-refractivity contribution >= 4 is 11.8 Å². The smallest absolute Gasteiger partial charge is 0.123 e. The molecule has 16 heavy (non-hydrogen) atoms. The normalized spacial score (nSPS) is 23.0. The highest BCUT2D eigenvalue weighted by Crippen LogP contribution is 2.17. The Balaban J connectivity index is 1.90. The first-order valence-electron chi connectivity index (χ1n) is 5.45. The molecule has 2 atom stereocenters. The zero-order valence-electron chi connectivity index (χ0n) is 9.06. The van der Waals surface area contributed by atoms with E-state index in [-0.39, 0.29) is 18.0 Å². The standard InChI is InChI=1S/C12H16FNOS/c13-10-3-1-9(2-4-10)7-11(14)12-8-16-6-5-15-12/h1-4,11-12H,5-8,14H2. The van der Waals surface area contributed by atoms with Crippen LogP contribution < -0.4 is 5.73 Å². The monoisotopic (exact) mass is 241 g/mol. The number of ether oxygens (including phenoxy) is 1. The Bertz CT molecular complexity index is 324. The van der Waals surface area contributed by atoms with Crippen molar-refractivity contribution in [3.8, 4) is 0 Å². The van der Waals surface area contributed by atoms with Gasteiger partial charge in [-0.2, -0.15) is 11.8 Å². The fourth-order valence-corrected chi connectivity index (χ4v) is 2.73. The van der Waals surface area contributed by atoms with Crippen molar-refractivity contribution in [3.63, 3.8) is 0 Å². The molecular weight excluding hydrogens is 225 g/mol.